The largest absolute Gasteiger partial charge is 0.481 e. The number of carbonyl (C=O) groups excluding carboxylic acids is 1. The monoisotopic (exact) mass is 299 g/mol. The van der Waals surface area contributed by atoms with Crippen molar-refractivity contribution >= 4 is 23.5 Å². The molecule has 1 amide bonds. The second-order valence-corrected chi connectivity index (χ2v) is 5.40. The summed E-state index contributed by atoms with van der Waals surface area (Å²) in [5.74, 6) is -1.83. The number of hydrogen-bond donors (Lipinski definition) is 1. The maximum atomic E-state index is 14.1. The van der Waals surface area contributed by atoms with Crippen molar-refractivity contribution in [3.63, 3.8) is 0 Å². The van der Waals surface area contributed by atoms with Crippen LogP contribution in [0.5, 0.6) is 0 Å². The first-order chi connectivity index (χ1) is 9.38. The van der Waals surface area contributed by atoms with E-state index >= 15 is 0 Å². The van der Waals surface area contributed by atoms with E-state index in [1.807, 2.05) is 0 Å². The van der Waals surface area contributed by atoms with E-state index in [9.17, 15) is 19.1 Å². The Balaban J connectivity index is 2.43. The zero-order chi connectivity index (χ0) is 14.9. The first kappa shape index (κ1) is 14.8. The smallest absolute Gasteiger partial charge is 0.314 e. The van der Waals surface area contributed by atoms with Crippen LogP contribution in [0.15, 0.2) is 18.2 Å². The molecule has 2 rings (SSSR count). The van der Waals surface area contributed by atoms with Crippen molar-refractivity contribution in [3.05, 3.63) is 34.6 Å². The van der Waals surface area contributed by atoms with Crippen LogP contribution in [0.2, 0.25) is 5.02 Å². The summed E-state index contributed by atoms with van der Waals surface area (Å²) in [4.78, 5) is 24.6. The first-order valence-electron chi connectivity index (χ1n) is 6.32. The number of rotatable bonds is 2. The molecule has 1 aromatic rings. The lowest BCUT2D eigenvalue weighted by atomic mass is 9.72. The number of piperidine rings is 1. The lowest BCUT2D eigenvalue weighted by Crippen LogP contribution is -2.49. The highest BCUT2D eigenvalue weighted by Crippen LogP contribution is 2.40. The number of benzene rings is 1. The Labute approximate surface area is 121 Å². The summed E-state index contributed by atoms with van der Waals surface area (Å²) >= 11 is 6.01. The molecule has 0 aromatic heterocycles. The molecule has 1 fully saturated rings. The van der Waals surface area contributed by atoms with Gasteiger partial charge in [-0.3, -0.25) is 9.59 Å². The minimum atomic E-state index is -1.37. The molecule has 20 heavy (non-hydrogen) atoms. The summed E-state index contributed by atoms with van der Waals surface area (Å²) in [6.07, 6.45) is 0.311. The van der Waals surface area contributed by atoms with Gasteiger partial charge in [0, 0.05) is 30.6 Å². The van der Waals surface area contributed by atoms with Gasteiger partial charge in [-0.15, -0.1) is 0 Å². The highest BCUT2D eigenvalue weighted by atomic mass is 35.5. The van der Waals surface area contributed by atoms with Crippen LogP contribution in [0, 0.1) is 5.82 Å². The molecular weight excluding hydrogens is 285 g/mol. The third kappa shape index (κ3) is 2.38. The number of carboxylic acids is 1. The predicted octanol–water partition coefficient (Wildman–Crippen LogP) is 2.44. The molecule has 0 radical (unpaired) electrons. The molecule has 0 aliphatic carbocycles. The van der Waals surface area contributed by atoms with Crippen molar-refractivity contribution in [3.8, 4) is 0 Å². The lowest BCUT2D eigenvalue weighted by Gasteiger charge is -2.39. The molecule has 6 heteroatoms. The lowest BCUT2D eigenvalue weighted by molar-refractivity contribution is -0.148. The van der Waals surface area contributed by atoms with Crippen LogP contribution in [0.3, 0.4) is 0 Å². The SMILES string of the molecule is CC(=O)N1CCC(C(=O)O)(c2c(F)cccc2Cl)CC1. The Morgan fingerprint density at radius 1 is 1.35 bits per heavy atom. The van der Waals surface area contributed by atoms with Crippen molar-refractivity contribution in [1.82, 2.24) is 4.90 Å². The van der Waals surface area contributed by atoms with Crippen LogP contribution in [0.4, 0.5) is 4.39 Å². The van der Waals surface area contributed by atoms with E-state index in [-0.39, 0.29) is 42.4 Å². The van der Waals surface area contributed by atoms with Crippen LogP contribution in [-0.4, -0.2) is 35.0 Å². The van der Waals surface area contributed by atoms with Crippen LogP contribution in [-0.2, 0) is 15.0 Å². The molecule has 1 heterocycles. The summed E-state index contributed by atoms with van der Waals surface area (Å²) in [6, 6.07) is 4.15. The molecule has 1 aliphatic heterocycles. The molecule has 0 unspecified atom stereocenters. The standard InChI is InChI=1S/C14H15ClFNO3/c1-9(18)17-7-5-14(6-8-17,13(19)20)12-10(15)3-2-4-11(12)16/h2-4H,5-8H2,1H3,(H,19,20). The van der Waals surface area contributed by atoms with Gasteiger partial charge in [-0.2, -0.15) is 0 Å². The molecule has 108 valence electrons. The third-order valence-corrected chi connectivity index (χ3v) is 4.23. The number of aliphatic carboxylic acids is 1. The average molecular weight is 300 g/mol. The first-order valence-corrected chi connectivity index (χ1v) is 6.69. The van der Waals surface area contributed by atoms with E-state index in [4.69, 9.17) is 11.6 Å². The Hall–Kier alpha value is -1.62. The summed E-state index contributed by atoms with van der Waals surface area (Å²) in [7, 11) is 0. The number of nitrogens with zero attached hydrogens (tertiary/aromatic N) is 1. The maximum absolute atomic E-state index is 14.1. The van der Waals surface area contributed by atoms with Gasteiger partial charge in [-0.25, -0.2) is 4.39 Å². The van der Waals surface area contributed by atoms with Gasteiger partial charge in [0.25, 0.3) is 0 Å². The molecule has 4 nitrogen and oxygen atoms in total. The minimum absolute atomic E-state index is 0.0253. The molecular formula is C14H15ClFNO3. The fraction of sp³-hybridized carbons (Fsp3) is 0.429. The van der Waals surface area contributed by atoms with Crippen LogP contribution in [0.25, 0.3) is 0 Å². The summed E-state index contributed by atoms with van der Waals surface area (Å²) in [6.45, 7) is 2.00. The van der Waals surface area contributed by atoms with E-state index < -0.39 is 17.2 Å². The molecule has 0 bridgehead atoms. The van der Waals surface area contributed by atoms with Gasteiger partial charge in [-0.1, -0.05) is 17.7 Å². The predicted molar refractivity (Wildman–Crippen MR) is 72.2 cm³/mol. The number of halogens is 2. The Morgan fingerprint density at radius 3 is 2.40 bits per heavy atom. The van der Waals surface area contributed by atoms with Gasteiger partial charge in [-0.05, 0) is 25.0 Å². The second-order valence-electron chi connectivity index (χ2n) is 4.99. The average Bonchev–Trinajstić information content (AvgIpc) is 2.38. The van der Waals surface area contributed by atoms with Gasteiger partial charge in [0.2, 0.25) is 5.91 Å². The van der Waals surface area contributed by atoms with Gasteiger partial charge < -0.3 is 10.0 Å². The van der Waals surface area contributed by atoms with E-state index in [2.05, 4.69) is 0 Å². The molecule has 0 atom stereocenters. The topological polar surface area (TPSA) is 57.6 Å². The zero-order valence-electron chi connectivity index (χ0n) is 11.0. The van der Waals surface area contributed by atoms with Gasteiger partial charge >= 0.3 is 5.97 Å². The molecule has 0 saturated carbocycles. The van der Waals surface area contributed by atoms with Crippen molar-refractivity contribution in [1.29, 1.82) is 0 Å². The summed E-state index contributed by atoms with van der Waals surface area (Å²) in [5, 5.41) is 9.70. The third-order valence-electron chi connectivity index (χ3n) is 3.91. The fourth-order valence-corrected chi connectivity index (χ4v) is 3.07. The van der Waals surface area contributed by atoms with Gasteiger partial charge in [0.05, 0.1) is 0 Å². The van der Waals surface area contributed by atoms with E-state index in [1.165, 1.54) is 25.1 Å². The number of carboxylic acid groups (broad SMARTS) is 1. The summed E-state index contributed by atoms with van der Waals surface area (Å²) in [5.41, 5.74) is -1.34. The highest BCUT2D eigenvalue weighted by molar-refractivity contribution is 6.31. The fourth-order valence-electron chi connectivity index (χ4n) is 2.73. The van der Waals surface area contributed by atoms with Crippen molar-refractivity contribution in [2.45, 2.75) is 25.2 Å². The van der Waals surface area contributed by atoms with E-state index in [1.54, 1.807) is 4.90 Å². The van der Waals surface area contributed by atoms with E-state index in [0.29, 0.717) is 0 Å². The molecule has 1 aliphatic rings. The quantitative estimate of drug-likeness (QED) is 0.912. The molecule has 1 saturated heterocycles. The highest BCUT2D eigenvalue weighted by Gasteiger charge is 2.46. The molecule has 1 aromatic carbocycles. The molecule has 1 N–H and O–H groups in total. The van der Waals surface area contributed by atoms with Crippen molar-refractivity contribution in [2.75, 3.05) is 13.1 Å². The number of amides is 1. The normalized spacial score (nSPS) is 17.9. The van der Waals surface area contributed by atoms with Crippen molar-refractivity contribution < 1.29 is 19.1 Å². The maximum Gasteiger partial charge on any atom is 0.314 e. The number of hydrogen-bond acceptors (Lipinski definition) is 2. The van der Waals surface area contributed by atoms with Crippen molar-refractivity contribution in [2.24, 2.45) is 0 Å². The van der Waals surface area contributed by atoms with Gasteiger partial charge in [0.1, 0.15) is 11.2 Å². The van der Waals surface area contributed by atoms with Crippen LogP contribution in [0.1, 0.15) is 25.3 Å². The Kier molecular flexibility index (Phi) is 3.99. The Bertz CT molecular complexity index is 533. The van der Waals surface area contributed by atoms with E-state index in [0.717, 1.165) is 0 Å². The summed E-state index contributed by atoms with van der Waals surface area (Å²) < 4.78 is 14.1. The molecule has 0 spiro atoms. The minimum Gasteiger partial charge on any atom is -0.481 e. The Morgan fingerprint density at radius 2 is 1.95 bits per heavy atom. The zero-order valence-corrected chi connectivity index (χ0v) is 11.8. The number of carbonyl (C=O) groups is 2. The van der Waals surface area contributed by atoms with Crippen LogP contribution < -0.4 is 0 Å². The number of likely N-dealkylation sites (tertiary alicyclic amines) is 1. The second kappa shape index (κ2) is 5.40. The van der Waals surface area contributed by atoms with Gasteiger partial charge in [0.15, 0.2) is 0 Å². The van der Waals surface area contributed by atoms with Crippen LogP contribution >= 0.6 is 11.6 Å².